The fourth-order valence-electron chi connectivity index (χ4n) is 9.90. The third-order valence-electron chi connectivity index (χ3n) is 13.0. The van der Waals surface area contributed by atoms with Crippen molar-refractivity contribution in [2.75, 3.05) is 4.90 Å². The van der Waals surface area contributed by atoms with Crippen LogP contribution in [0, 0.1) is 0 Å². The molecule has 2 heteroatoms. The van der Waals surface area contributed by atoms with Crippen molar-refractivity contribution in [3.63, 3.8) is 0 Å². The van der Waals surface area contributed by atoms with Crippen LogP contribution in [0.2, 0.25) is 0 Å². The normalized spacial score (nSPS) is 11.3. The van der Waals surface area contributed by atoms with Crippen LogP contribution in [0.15, 0.2) is 267 Å². The lowest BCUT2D eigenvalue weighted by Crippen LogP contribution is -2.12. The van der Waals surface area contributed by atoms with E-state index >= 15 is 0 Å². The van der Waals surface area contributed by atoms with E-state index in [4.69, 9.17) is 0 Å². The maximum Gasteiger partial charge on any atom is 0.0541 e. The van der Waals surface area contributed by atoms with Crippen LogP contribution >= 0.6 is 0 Å². The first-order chi connectivity index (χ1) is 32.8. The van der Waals surface area contributed by atoms with Gasteiger partial charge in [-0.3, -0.25) is 0 Å². The van der Waals surface area contributed by atoms with Gasteiger partial charge < -0.3 is 9.47 Å². The first kappa shape index (κ1) is 38.9. The maximum absolute atomic E-state index is 2.45. The van der Waals surface area contributed by atoms with E-state index < -0.39 is 0 Å². The second kappa shape index (κ2) is 16.8. The molecule has 11 aromatic carbocycles. The van der Waals surface area contributed by atoms with Crippen LogP contribution in [0.5, 0.6) is 0 Å². The molecule has 12 aromatic rings. The van der Waals surface area contributed by atoms with E-state index in [-0.39, 0.29) is 0 Å². The Hall–Kier alpha value is -8.72. The van der Waals surface area contributed by atoms with Gasteiger partial charge in [0.15, 0.2) is 0 Å². The van der Waals surface area contributed by atoms with E-state index in [0.717, 1.165) is 45.0 Å². The monoisotopic (exact) mass is 840 g/mol. The summed E-state index contributed by atoms with van der Waals surface area (Å²) in [6, 6.07) is 97.0. The Morgan fingerprint density at radius 1 is 0.258 bits per heavy atom. The minimum Gasteiger partial charge on any atom is -0.309 e. The molecule has 0 saturated heterocycles. The molecule has 0 aliphatic rings. The second-order valence-corrected chi connectivity index (χ2v) is 16.9. The van der Waals surface area contributed by atoms with Crippen LogP contribution in [0.25, 0.3) is 93.9 Å². The van der Waals surface area contributed by atoms with Gasteiger partial charge in [0.1, 0.15) is 0 Å². The lowest BCUT2D eigenvalue weighted by Gasteiger charge is -2.30. The van der Waals surface area contributed by atoms with E-state index in [1.165, 1.54) is 66.0 Å². The summed E-state index contributed by atoms with van der Waals surface area (Å²) >= 11 is 0. The van der Waals surface area contributed by atoms with Crippen molar-refractivity contribution in [1.29, 1.82) is 0 Å². The largest absolute Gasteiger partial charge is 0.309 e. The Morgan fingerprint density at radius 2 is 0.682 bits per heavy atom. The maximum atomic E-state index is 2.45. The van der Waals surface area contributed by atoms with E-state index in [9.17, 15) is 0 Å². The predicted octanol–water partition coefficient (Wildman–Crippen LogP) is 17.7. The van der Waals surface area contributed by atoms with Crippen molar-refractivity contribution in [2.24, 2.45) is 0 Å². The molecule has 1 heterocycles. The Labute approximate surface area is 385 Å². The van der Waals surface area contributed by atoms with Crippen LogP contribution < -0.4 is 4.90 Å². The zero-order valence-electron chi connectivity index (χ0n) is 36.3. The third-order valence-corrected chi connectivity index (χ3v) is 13.0. The number of aromatic nitrogens is 1. The molecule has 0 saturated carbocycles. The van der Waals surface area contributed by atoms with Crippen LogP contribution in [-0.4, -0.2) is 4.57 Å². The lowest BCUT2D eigenvalue weighted by atomic mass is 9.94. The van der Waals surface area contributed by atoms with Crippen molar-refractivity contribution in [3.8, 4) is 61.3 Å². The summed E-state index contributed by atoms with van der Waals surface area (Å²) < 4.78 is 2.44. The Balaban J connectivity index is 1.05. The Bertz CT molecular complexity index is 3620. The number of hydrogen-bond acceptors (Lipinski definition) is 1. The minimum absolute atomic E-state index is 1.07. The smallest absolute Gasteiger partial charge is 0.0541 e. The number of para-hydroxylation sites is 4. The summed E-state index contributed by atoms with van der Waals surface area (Å²) in [4.78, 5) is 2.45. The summed E-state index contributed by atoms with van der Waals surface area (Å²) in [5.74, 6) is 0. The molecule has 1 aromatic heterocycles. The molecule has 0 amide bonds. The number of rotatable bonds is 9. The average molecular weight is 841 g/mol. The fourth-order valence-corrected chi connectivity index (χ4v) is 9.90. The number of nitrogens with zero attached hydrogens (tertiary/aromatic N) is 2. The molecule has 0 bridgehead atoms. The van der Waals surface area contributed by atoms with Gasteiger partial charge in [0.2, 0.25) is 0 Å². The summed E-state index contributed by atoms with van der Waals surface area (Å²) in [5, 5.41) is 4.98. The van der Waals surface area contributed by atoms with Crippen LogP contribution in [-0.2, 0) is 0 Å². The van der Waals surface area contributed by atoms with Crippen LogP contribution in [0.1, 0.15) is 0 Å². The predicted molar refractivity (Wildman–Crippen MR) is 280 cm³/mol. The molecule has 0 N–H and O–H groups in total. The number of anilines is 3. The molecule has 0 aliphatic heterocycles. The molecular weight excluding hydrogens is 797 g/mol. The molecule has 12 rings (SSSR count). The molecule has 0 aliphatic carbocycles. The van der Waals surface area contributed by atoms with Gasteiger partial charge in [0.25, 0.3) is 0 Å². The first-order valence-corrected chi connectivity index (χ1v) is 22.7. The summed E-state index contributed by atoms with van der Waals surface area (Å²) in [6.07, 6.45) is 0. The average Bonchev–Trinajstić information content (AvgIpc) is 3.74. The highest BCUT2D eigenvalue weighted by molar-refractivity contribution is 6.10. The van der Waals surface area contributed by atoms with Gasteiger partial charge >= 0.3 is 0 Å². The molecule has 66 heavy (non-hydrogen) atoms. The van der Waals surface area contributed by atoms with E-state index in [1.54, 1.807) is 0 Å². The van der Waals surface area contributed by atoms with E-state index in [1.807, 2.05) is 0 Å². The van der Waals surface area contributed by atoms with Gasteiger partial charge in [-0.2, -0.15) is 0 Å². The van der Waals surface area contributed by atoms with Gasteiger partial charge in [0.05, 0.1) is 28.1 Å². The van der Waals surface area contributed by atoms with Crippen LogP contribution in [0.4, 0.5) is 17.1 Å². The topological polar surface area (TPSA) is 8.17 Å². The molecule has 0 fully saturated rings. The fraction of sp³-hybridized carbons (Fsp3) is 0. The van der Waals surface area contributed by atoms with Gasteiger partial charge in [-0.25, -0.2) is 0 Å². The molecule has 310 valence electrons. The second-order valence-electron chi connectivity index (χ2n) is 16.9. The zero-order chi connectivity index (χ0) is 43.8. The lowest BCUT2D eigenvalue weighted by molar-refractivity contribution is 1.18. The molecule has 2 nitrogen and oxygen atoms in total. The van der Waals surface area contributed by atoms with E-state index in [0.29, 0.717) is 0 Å². The minimum atomic E-state index is 1.07. The number of fused-ring (bicyclic) bond motifs is 4. The molecule has 0 atom stereocenters. The summed E-state index contributed by atoms with van der Waals surface area (Å²) in [6.45, 7) is 0. The number of benzene rings is 11. The van der Waals surface area contributed by atoms with Crippen molar-refractivity contribution in [3.05, 3.63) is 267 Å². The van der Waals surface area contributed by atoms with Crippen molar-refractivity contribution < 1.29 is 0 Å². The van der Waals surface area contributed by atoms with Crippen molar-refractivity contribution in [2.45, 2.75) is 0 Å². The highest BCUT2D eigenvalue weighted by Gasteiger charge is 2.22. The van der Waals surface area contributed by atoms with Crippen molar-refractivity contribution >= 4 is 49.6 Å². The highest BCUT2D eigenvalue weighted by atomic mass is 15.1. The molecular formula is C64H44N2. The number of hydrogen-bond donors (Lipinski definition) is 0. The first-order valence-electron chi connectivity index (χ1n) is 22.7. The Morgan fingerprint density at radius 3 is 1.35 bits per heavy atom. The molecule has 0 unspecified atom stereocenters. The SMILES string of the molecule is c1ccc(-c2ccc(-c3ccccc3N(c3ccc(-c4cccc5ccccc45)cc3)c3ccccc3-c3ccc(-n4c5ccccc5c5ccccc54)c(-c4ccccc4)c3)cc2)cc1. The standard InChI is InChI=1S/C64H44N2/c1-3-18-45(19-4-1)46-34-36-50(37-35-46)55-25-9-13-30-60(55)65(52-41-38-49(39-42-52)54-29-17-23-47-22-7-8-24-53(47)54)61-31-14-10-26-56(61)51-40-43-64(59(44-51)48-20-5-2-6-21-48)66-62-32-15-11-27-57(62)58-28-12-16-33-63(58)66/h1-44H. The van der Waals surface area contributed by atoms with Gasteiger partial charge in [-0.05, 0) is 98.2 Å². The highest BCUT2D eigenvalue weighted by Crippen LogP contribution is 2.47. The van der Waals surface area contributed by atoms with Crippen molar-refractivity contribution in [1.82, 2.24) is 4.57 Å². The Kier molecular flexibility index (Phi) is 9.89. The molecule has 0 spiro atoms. The van der Waals surface area contributed by atoms with Gasteiger partial charge in [-0.1, -0.05) is 218 Å². The summed E-state index contributed by atoms with van der Waals surface area (Å²) in [5.41, 5.74) is 18.5. The summed E-state index contributed by atoms with van der Waals surface area (Å²) in [7, 11) is 0. The quantitative estimate of drug-likeness (QED) is 0.141. The van der Waals surface area contributed by atoms with Gasteiger partial charge in [0, 0.05) is 33.2 Å². The third kappa shape index (κ3) is 6.93. The zero-order valence-corrected chi connectivity index (χ0v) is 36.3. The van der Waals surface area contributed by atoms with E-state index in [2.05, 4.69) is 276 Å². The molecule has 0 radical (unpaired) electrons. The van der Waals surface area contributed by atoms with Crippen LogP contribution in [0.3, 0.4) is 0 Å². The van der Waals surface area contributed by atoms with Gasteiger partial charge in [-0.15, -0.1) is 0 Å².